The first-order chi connectivity index (χ1) is 26.7. The number of sulfonamides is 1. The summed E-state index contributed by atoms with van der Waals surface area (Å²) >= 11 is 6.68. The number of anilines is 1. The molecule has 306 valence electrons. The van der Waals surface area contributed by atoms with Crippen LogP contribution in [0.1, 0.15) is 60.8 Å². The maximum absolute atomic E-state index is 16.3. The molecule has 2 fully saturated rings. The van der Waals surface area contributed by atoms with Crippen molar-refractivity contribution in [3.8, 4) is 5.69 Å². The van der Waals surface area contributed by atoms with Gasteiger partial charge in [-0.1, -0.05) is 11.6 Å². The Balaban J connectivity index is 1.46. The number of nitrogens with zero attached hydrogens (tertiary/aromatic N) is 6. The lowest BCUT2D eigenvalue weighted by molar-refractivity contribution is -0.0784. The largest absolute Gasteiger partial charge is 0.321 e. The lowest BCUT2D eigenvalue weighted by atomic mass is 9.81. The third kappa shape index (κ3) is 8.47. The van der Waals surface area contributed by atoms with Gasteiger partial charge in [-0.2, -0.15) is 5.10 Å². The van der Waals surface area contributed by atoms with E-state index in [1.807, 2.05) is 0 Å². The fourth-order valence-electron chi connectivity index (χ4n) is 7.76. The molecule has 3 aromatic heterocycles. The maximum atomic E-state index is 16.3. The van der Waals surface area contributed by atoms with Gasteiger partial charge in [-0.05, 0) is 67.6 Å². The predicted octanol–water partition coefficient (Wildman–Crippen LogP) is 6.74. The van der Waals surface area contributed by atoms with Gasteiger partial charge in [0.2, 0.25) is 15.9 Å². The first-order valence-corrected chi connectivity index (χ1v) is 20.4. The number of rotatable bonds is 10. The van der Waals surface area contributed by atoms with Crippen molar-refractivity contribution in [3.63, 3.8) is 0 Å². The summed E-state index contributed by atoms with van der Waals surface area (Å²) in [5.74, 6) is -5.28. The Hall–Kier alpha value is -4.33. The number of benzene rings is 2. The normalized spacial score (nSPS) is 20.6. The van der Waals surface area contributed by atoms with Gasteiger partial charge >= 0.3 is 0 Å². The number of nitrogens with two attached hydrogens (primary N) is 1. The molecule has 1 saturated carbocycles. The van der Waals surface area contributed by atoms with E-state index < -0.39 is 82.9 Å². The van der Waals surface area contributed by atoms with Crippen molar-refractivity contribution < 1.29 is 39.2 Å². The van der Waals surface area contributed by atoms with Crippen LogP contribution in [0.2, 0.25) is 5.02 Å². The van der Waals surface area contributed by atoms with E-state index in [0.717, 1.165) is 23.0 Å². The number of likely N-dealkylation sites (tertiary alicyclic amines) is 1. The molecular formula is C37H38ClF7N8O3S. The van der Waals surface area contributed by atoms with Crippen molar-refractivity contribution in [2.24, 2.45) is 5.73 Å². The van der Waals surface area contributed by atoms with Crippen LogP contribution in [0.25, 0.3) is 27.6 Å². The molecule has 1 saturated heterocycles. The van der Waals surface area contributed by atoms with Crippen LogP contribution in [0, 0.1) is 18.6 Å². The zero-order valence-electron chi connectivity index (χ0n) is 30.7. The summed E-state index contributed by atoms with van der Waals surface area (Å²) in [6.07, 6.45) is -4.96. The molecule has 4 heterocycles. The van der Waals surface area contributed by atoms with E-state index in [9.17, 15) is 39.6 Å². The highest BCUT2D eigenvalue weighted by Crippen LogP contribution is 2.46. The second kappa shape index (κ2) is 15.1. The van der Waals surface area contributed by atoms with Crippen LogP contribution in [-0.2, 0) is 28.7 Å². The van der Waals surface area contributed by atoms with Gasteiger partial charge < -0.3 is 5.73 Å². The number of hydrogen-bond acceptors (Lipinski definition) is 8. The third-order valence-corrected chi connectivity index (χ3v) is 11.3. The number of halogens is 8. The molecule has 3 N–H and O–H groups in total. The summed E-state index contributed by atoms with van der Waals surface area (Å²) < 4.78 is 132. The van der Waals surface area contributed by atoms with E-state index in [-0.39, 0.29) is 100 Å². The molecule has 1 aliphatic carbocycles. The van der Waals surface area contributed by atoms with Crippen molar-refractivity contribution in [1.82, 2.24) is 29.2 Å². The maximum Gasteiger partial charge on any atom is 0.268 e. The molecule has 0 bridgehead atoms. The number of alkyl halides is 5. The van der Waals surface area contributed by atoms with E-state index in [1.165, 1.54) is 29.8 Å². The first kappa shape index (κ1) is 40.9. The molecule has 3 atom stereocenters. The van der Waals surface area contributed by atoms with Crippen LogP contribution in [0.15, 0.2) is 41.2 Å². The van der Waals surface area contributed by atoms with Gasteiger partial charge in [0.25, 0.3) is 5.56 Å². The fraction of sp³-hybridized carbons (Fsp3) is 0.459. The topological polar surface area (TPSA) is 141 Å². The SMILES string of the molecule is Cc1cc(C2(F)CCC(F)(F)CC2)nc2nc([C@@H](N)Cc3cc(F)cc(F)c3)n(-c3ccc(Cl)c4c(NS(C)(=O)=O)nn(CCN5C[C@H](F)C[C@H](F)C5)c34)c(=O)c12. The summed E-state index contributed by atoms with van der Waals surface area (Å²) in [6, 6.07) is 5.54. The zero-order chi connectivity index (χ0) is 41.2. The summed E-state index contributed by atoms with van der Waals surface area (Å²) in [5.41, 5.74) is 3.60. The van der Waals surface area contributed by atoms with Crippen LogP contribution in [-0.4, -0.2) is 81.8 Å². The number of aryl methyl sites for hydroxylation is 1. The van der Waals surface area contributed by atoms with Gasteiger partial charge in [-0.15, -0.1) is 0 Å². The molecule has 7 rings (SSSR count). The summed E-state index contributed by atoms with van der Waals surface area (Å²) in [5, 5.41) is 4.42. The van der Waals surface area contributed by atoms with E-state index in [2.05, 4.69) is 19.8 Å². The number of aromatic nitrogens is 5. The Morgan fingerprint density at radius 3 is 2.25 bits per heavy atom. The summed E-state index contributed by atoms with van der Waals surface area (Å²) in [4.78, 5) is 25.5. The minimum atomic E-state index is -3.97. The second-order valence-corrected chi connectivity index (χ2v) is 17.1. The van der Waals surface area contributed by atoms with Gasteiger partial charge in [0.1, 0.15) is 29.8 Å². The smallest absolute Gasteiger partial charge is 0.268 e. The summed E-state index contributed by atoms with van der Waals surface area (Å²) in [6.45, 7) is 1.35. The van der Waals surface area contributed by atoms with Crippen molar-refractivity contribution in [3.05, 3.63) is 86.1 Å². The van der Waals surface area contributed by atoms with Gasteiger partial charge in [-0.25, -0.2) is 49.1 Å². The Morgan fingerprint density at radius 2 is 1.61 bits per heavy atom. The van der Waals surface area contributed by atoms with Gasteiger partial charge in [-0.3, -0.25) is 23.7 Å². The standard InChI is InChI=1S/C37H38ClF7N8O3S/c1-19-11-28(36(43)5-7-37(44,45)8-6-36)47-32-29(19)35(54)53(34(48-32)26(46)14-20-12-21(39)15-22(40)13-20)27-4-3-25(38)30-31(27)52(49-33(30)50-57(2,55)56)10-9-51-17-23(41)16-24(42)18-51/h3-4,11-13,15,23-24,26H,5-10,14,16-18,46H2,1-2H3,(H,49,50)/t23-,24+,26-/m0/s1. The van der Waals surface area contributed by atoms with E-state index in [0.29, 0.717) is 6.07 Å². The highest BCUT2D eigenvalue weighted by Gasteiger charge is 2.46. The number of pyridine rings is 1. The Bertz CT molecular complexity index is 2510. The molecule has 0 unspecified atom stereocenters. The molecule has 5 aromatic rings. The van der Waals surface area contributed by atoms with Crippen LogP contribution >= 0.6 is 11.6 Å². The highest BCUT2D eigenvalue weighted by molar-refractivity contribution is 7.92. The summed E-state index contributed by atoms with van der Waals surface area (Å²) in [7, 11) is -3.97. The minimum absolute atomic E-state index is 0.00782. The monoisotopic (exact) mass is 842 g/mol. The van der Waals surface area contributed by atoms with E-state index in [1.54, 1.807) is 4.90 Å². The van der Waals surface area contributed by atoms with Gasteiger partial charge in [0.15, 0.2) is 17.1 Å². The molecule has 11 nitrogen and oxygen atoms in total. The number of hydrogen-bond donors (Lipinski definition) is 2. The molecule has 20 heteroatoms. The predicted molar refractivity (Wildman–Crippen MR) is 201 cm³/mol. The van der Waals surface area contributed by atoms with Crippen LogP contribution in [0.4, 0.5) is 36.6 Å². The van der Waals surface area contributed by atoms with Gasteiger partial charge in [0.05, 0.1) is 51.5 Å². The number of nitrogens with one attached hydrogen (secondary N) is 1. The van der Waals surface area contributed by atoms with Crippen LogP contribution < -0.4 is 16.0 Å². The third-order valence-electron chi connectivity index (χ3n) is 10.4. The Morgan fingerprint density at radius 1 is 0.965 bits per heavy atom. The Labute approximate surface area is 327 Å². The lowest BCUT2D eigenvalue weighted by Crippen LogP contribution is -2.43. The first-order valence-electron chi connectivity index (χ1n) is 18.1. The fourth-order valence-corrected chi connectivity index (χ4v) is 8.50. The van der Waals surface area contributed by atoms with E-state index >= 15 is 4.39 Å². The van der Waals surface area contributed by atoms with Crippen molar-refractivity contribution >= 4 is 49.4 Å². The number of piperidine rings is 1. The Kier molecular flexibility index (Phi) is 10.8. The second-order valence-electron chi connectivity index (χ2n) is 15.0. The molecule has 1 aliphatic heterocycles. The van der Waals surface area contributed by atoms with Crippen LogP contribution in [0.5, 0.6) is 0 Å². The van der Waals surface area contributed by atoms with Gasteiger partial charge in [0, 0.05) is 45.0 Å². The van der Waals surface area contributed by atoms with Crippen molar-refractivity contribution in [1.29, 1.82) is 0 Å². The average molecular weight is 843 g/mol. The van der Waals surface area contributed by atoms with Crippen LogP contribution in [0.3, 0.4) is 0 Å². The van der Waals surface area contributed by atoms with Crippen molar-refractivity contribution in [2.45, 2.75) is 82.0 Å². The molecule has 0 spiro atoms. The zero-order valence-corrected chi connectivity index (χ0v) is 32.3. The molecule has 2 aromatic carbocycles. The molecule has 2 aliphatic rings. The molecule has 0 amide bonds. The molecule has 0 radical (unpaired) electrons. The number of fused-ring (bicyclic) bond motifs is 2. The molecular weight excluding hydrogens is 805 g/mol. The highest BCUT2D eigenvalue weighted by atomic mass is 35.5. The average Bonchev–Trinajstić information content (AvgIpc) is 3.45. The molecule has 57 heavy (non-hydrogen) atoms. The van der Waals surface area contributed by atoms with Crippen molar-refractivity contribution in [2.75, 3.05) is 30.6 Å². The minimum Gasteiger partial charge on any atom is -0.321 e. The van der Waals surface area contributed by atoms with E-state index in [4.69, 9.17) is 17.3 Å². The quantitative estimate of drug-likeness (QED) is 0.148. The lowest BCUT2D eigenvalue weighted by Gasteiger charge is -2.33.